The quantitative estimate of drug-likeness (QED) is 0.0694. The molecule has 4 aliphatic rings. The van der Waals surface area contributed by atoms with Gasteiger partial charge in [-0.3, -0.25) is 14.4 Å². The maximum absolute atomic E-state index is 15.0. The van der Waals surface area contributed by atoms with Gasteiger partial charge in [-0.25, -0.2) is 4.79 Å². The minimum absolute atomic E-state index is 0.0542. The topological polar surface area (TPSA) is 147 Å². The lowest BCUT2D eigenvalue weighted by Crippen LogP contribution is -2.64. The summed E-state index contributed by atoms with van der Waals surface area (Å²) in [6, 6.07) is -1.09. The van der Waals surface area contributed by atoms with Crippen LogP contribution in [0.1, 0.15) is 160 Å². The number of esters is 1. The number of fused-ring (bicyclic) bond motifs is 3. The van der Waals surface area contributed by atoms with E-state index < -0.39 is 84.5 Å². The normalized spacial score (nSPS) is 36.8. The molecule has 1 saturated carbocycles. The fourth-order valence-electron chi connectivity index (χ4n) is 12.2. The largest absolute Gasteiger partial charge is 0.456 e. The first-order valence-electron chi connectivity index (χ1n) is 25.2. The number of ether oxygens (including phenoxy) is 5. The first-order valence-corrected chi connectivity index (χ1v) is 28.2. The van der Waals surface area contributed by atoms with Crippen molar-refractivity contribution in [1.29, 1.82) is 0 Å². The van der Waals surface area contributed by atoms with Crippen molar-refractivity contribution < 1.29 is 52.4 Å². The van der Waals surface area contributed by atoms with Crippen LogP contribution in [0, 0.1) is 23.7 Å². The van der Waals surface area contributed by atoms with E-state index in [0.29, 0.717) is 32.1 Å². The number of hydrogen-bond donors (Lipinski definition) is 1. The summed E-state index contributed by atoms with van der Waals surface area (Å²) in [6.07, 6.45) is 7.98. The van der Waals surface area contributed by atoms with Crippen LogP contribution in [0.25, 0.3) is 0 Å². The van der Waals surface area contributed by atoms with Crippen molar-refractivity contribution in [3.05, 3.63) is 23.3 Å². The highest BCUT2D eigenvalue weighted by atomic mass is 79.9. The van der Waals surface area contributed by atoms with Crippen LogP contribution in [0.2, 0.25) is 16.6 Å². The summed E-state index contributed by atoms with van der Waals surface area (Å²) < 4.78 is 38.1. The van der Waals surface area contributed by atoms with E-state index in [9.17, 15) is 24.3 Å². The van der Waals surface area contributed by atoms with E-state index in [2.05, 4.69) is 83.5 Å². The molecule has 13 atom stereocenters. The van der Waals surface area contributed by atoms with Gasteiger partial charge in [0.05, 0.1) is 24.4 Å². The number of ketones is 2. The van der Waals surface area contributed by atoms with Gasteiger partial charge in [0.2, 0.25) is 14.1 Å². The lowest BCUT2D eigenvalue weighted by molar-refractivity contribution is -0.302. The molecule has 3 heterocycles. The molecule has 3 fully saturated rings. The van der Waals surface area contributed by atoms with Crippen molar-refractivity contribution in [2.24, 2.45) is 23.7 Å². The molecule has 2 saturated heterocycles. The lowest BCUT2D eigenvalue weighted by atomic mass is 9.82. The van der Waals surface area contributed by atoms with Gasteiger partial charge in [0.25, 0.3) is 11.7 Å². The van der Waals surface area contributed by atoms with E-state index in [4.69, 9.17) is 28.1 Å². The van der Waals surface area contributed by atoms with Crippen LogP contribution >= 0.6 is 15.9 Å². The summed E-state index contributed by atoms with van der Waals surface area (Å²) in [7, 11) is 2.24. The molecular formula is C52H88BrNO11Si. The number of allylic oxidation sites excluding steroid dienone is 3. The molecule has 2 bridgehead atoms. The molecule has 0 aromatic rings. The second kappa shape index (κ2) is 24.4. The predicted octanol–water partition coefficient (Wildman–Crippen LogP) is 10.2. The zero-order valence-corrected chi connectivity index (χ0v) is 45.9. The maximum Gasteiger partial charge on any atom is 0.329 e. The van der Waals surface area contributed by atoms with Crippen molar-refractivity contribution in [1.82, 2.24) is 4.90 Å². The van der Waals surface area contributed by atoms with E-state index in [-0.39, 0.29) is 66.2 Å². The highest BCUT2D eigenvalue weighted by molar-refractivity contribution is 9.10. The Labute approximate surface area is 407 Å². The third kappa shape index (κ3) is 12.9. The van der Waals surface area contributed by atoms with Crippen molar-refractivity contribution in [3.8, 4) is 0 Å². The number of amides is 1. The van der Waals surface area contributed by atoms with Crippen LogP contribution in [-0.2, 0) is 47.3 Å². The van der Waals surface area contributed by atoms with Gasteiger partial charge in [0.1, 0.15) is 24.0 Å². The molecule has 1 amide bonds. The van der Waals surface area contributed by atoms with E-state index in [1.165, 1.54) is 4.90 Å². The van der Waals surface area contributed by atoms with Crippen molar-refractivity contribution >= 4 is 47.7 Å². The number of carbonyl (C=O) groups is 4. The Morgan fingerprint density at radius 1 is 0.909 bits per heavy atom. The third-order valence-electron chi connectivity index (χ3n) is 15.8. The number of rotatable bonds is 11. The molecule has 0 aromatic carbocycles. The summed E-state index contributed by atoms with van der Waals surface area (Å²) >= 11 is 4.08. The molecule has 13 unspecified atom stereocenters. The zero-order valence-electron chi connectivity index (χ0n) is 43.3. The number of halogens is 1. The van der Waals surface area contributed by atoms with Gasteiger partial charge in [0.15, 0.2) is 0 Å². The average Bonchev–Trinajstić information content (AvgIpc) is 3.26. The Hall–Kier alpha value is -1.78. The number of hydrogen-bond acceptors (Lipinski definition) is 11. The van der Waals surface area contributed by atoms with Gasteiger partial charge < -0.3 is 38.1 Å². The molecule has 0 aromatic heterocycles. The smallest absolute Gasteiger partial charge is 0.329 e. The summed E-state index contributed by atoms with van der Waals surface area (Å²) in [5, 5.41) is 12.3. The average molecular weight is 1010 g/mol. The first kappa shape index (κ1) is 56.8. The third-order valence-corrected chi connectivity index (χ3v) is 22.9. The molecule has 3 aliphatic heterocycles. The Morgan fingerprint density at radius 3 is 2.11 bits per heavy atom. The second-order valence-electron chi connectivity index (χ2n) is 21.6. The van der Waals surface area contributed by atoms with E-state index >= 15 is 0 Å². The van der Waals surface area contributed by atoms with Gasteiger partial charge in [-0.2, -0.15) is 0 Å². The summed E-state index contributed by atoms with van der Waals surface area (Å²) in [5.74, 6) is -6.77. The minimum atomic E-state index is -2.63. The Balaban J connectivity index is 1.95. The fraction of sp³-hybridized carbons (Fsp3) is 0.846. The lowest BCUT2D eigenvalue weighted by Gasteiger charge is -2.47. The second-order valence-corrected chi connectivity index (χ2v) is 28.6. The molecular weight excluding hydrogens is 923 g/mol. The number of aliphatic hydroxyl groups is 1. The van der Waals surface area contributed by atoms with Crippen LogP contribution in [0.4, 0.5) is 0 Å². The number of alkyl halides is 1. The number of Topliss-reactive ketones (excluding diaryl/α,β-unsaturated/α-hetero) is 2. The minimum Gasteiger partial charge on any atom is -0.456 e. The first-order chi connectivity index (χ1) is 30.9. The monoisotopic (exact) mass is 1010 g/mol. The van der Waals surface area contributed by atoms with Crippen molar-refractivity contribution in [2.75, 3.05) is 27.9 Å². The molecule has 66 heavy (non-hydrogen) atoms. The van der Waals surface area contributed by atoms with Gasteiger partial charge >= 0.3 is 5.97 Å². The van der Waals surface area contributed by atoms with E-state index in [1.807, 2.05) is 20.8 Å². The molecule has 378 valence electrons. The van der Waals surface area contributed by atoms with Crippen LogP contribution in [0.15, 0.2) is 23.3 Å². The van der Waals surface area contributed by atoms with Crippen molar-refractivity contribution in [2.45, 2.75) is 230 Å². The van der Waals surface area contributed by atoms with Crippen LogP contribution in [0.3, 0.4) is 0 Å². The number of methoxy groups -OCH3 is 3. The van der Waals surface area contributed by atoms with E-state index in [1.54, 1.807) is 28.3 Å². The highest BCUT2D eigenvalue weighted by Crippen LogP contribution is 2.46. The van der Waals surface area contributed by atoms with Crippen LogP contribution in [-0.4, -0.2) is 122 Å². The summed E-state index contributed by atoms with van der Waals surface area (Å²) in [6.45, 7) is 25.4. The van der Waals surface area contributed by atoms with Gasteiger partial charge in [0, 0.05) is 56.4 Å². The SMILES string of the molecule is CCC1C=C(C)CC(C)CC(OC)C2OC(O)(C(=O)C(=O)N3CCCCC3C(=O)OC(C(C)=CC3(Br)CCCC(OC)C3)C(C)C(O[Si](C(C)C)(C(C)C)C(C)C)CC1=O)C(C)CC2OC. The Kier molecular flexibility index (Phi) is 21.0. The maximum atomic E-state index is 15.0. The van der Waals surface area contributed by atoms with Crippen LogP contribution < -0.4 is 0 Å². The van der Waals surface area contributed by atoms with E-state index in [0.717, 1.165) is 36.8 Å². The predicted molar refractivity (Wildman–Crippen MR) is 265 cm³/mol. The highest BCUT2D eigenvalue weighted by Gasteiger charge is 2.57. The number of nitrogens with zero attached hydrogens (tertiary/aromatic N) is 1. The van der Waals surface area contributed by atoms with Gasteiger partial charge in [-0.05, 0) is 113 Å². The fourth-order valence-corrected chi connectivity index (χ4v) is 18.9. The molecule has 0 radical (unpaired) electrons. The van der Waals surface area contributed by atoms with Crippen molar-refractivity contribution in [3.63, 3.8) is 0 Å². The molecule has 4 rings (SSSR count). The van der Waals surface area contributed by atoms with Gasteiger partial charge in [-0.15, -0.1) is 0 Å². The standard InChI is InChI=1S/C52H88BrNO11Si/c1-16-39-25-34(8)24-35(9)26-44(61-14)47-45(62-15)27-37(11)52(59,64-47)48(56)49(57)54-23-18-17-21-41(54)50(58)63-46(36(10)29-51(53)22-19-20-40(30-51)60-13)38(12)43(28-42(39)55)65-66(31(2)3,32(4)5)33(6)7/h25,29,31-33,35,37-41,43-47,59H,16-24,26-28,30H2,1-15H3. The molecule has 1 N–H and O–H groups in total. The molecule has 12 nitrogen and oxygen atoms in total. The number of cyclic esters (lactones) is 1. The molecule has 0 spiro atoms. The Bertz CT molecular complexity index is 1700. The number of carbonyl (C=O) groups excluding carboxylic acids is 4. The molecule has 1 aliphatic carbocycles. The van der Waals surface area contributed by atoms with Crippen LogP contribution in [0.5, 0.6) is 0 Å². The number of piperidine rings is 1. The molecule has 14 heteroatoms. The summed E-state index contributed by atoms with van der Waals surface area (Å²) in [5.41, 5.74) is 2.55. The summed E-state index contributed by atoms with van der Waals surface area (Å²) in [4.78, 5) is 60.3. The Morgan fingerprint density at radius 2 is 1.53 bits per heavy atom. The van der Waals surface area contributed by atoms with Gasteiger partial charge in [-0.1, -0.05) is 103 Å². The zero-order chi connectivity index (χ0) is 49.5.